The quantitative estimate of drug-likeness (QED) is 0.657. The van der Waals surface area contributed by atoms with Gasteiger partial charge in [-0.3, -0.25) is 9.78 Å². The molecule has 1 aromatic carbocycles. The molecule has 2 aromatic rings. The molecule has 6 heteroatoms. The zero-order valence-corrected chi connectivity index (χ0v) is 12.3. The van der Waals surface area contributed by atoms with Crippen LogP contribution in [0, 0.1) is 11.3 Å². The first-order valence-electron chi connectivity index (χ1n) is 6.48. The van der Waals surface area contributed by atoms with Gasteiger partial charge in [-0.2, -0.15) is 5.26 Å². The van der Waals surface area contributed by atoms with Gasteiger partial charge in [0, 0.05) is 35.8 Å². The van der Waals surface area contributed by atoms with Crippen LogP contribution in [0.4, 0.5) is 5.69 Å². The van der Waals surface area contributed by atoms with E-state index in [0.717, 1.165) is 5.56 Å². The third-order valence-electron chi connectivity index (χ3n) is 2.72. The van der Waals surface area contributed by atoms with Crippen molar-refractivity contribution in [3.8, 4) is 6.07 Å². The first-order valence-corrected chi connectivity index (χ1v) is 6.86. The molecule has 110 valence electrons. The van der Waals surface area contributed by atoms with Gasteiger partial charge in [0.25, 0.3) is 5.91 Å². The molecule has 0 aliphatic heterocycles. The first-order chi connectivity index (χ1) is 10.7. The summed E-state index contributed by atoms with van der Waals surface area (Å²) < 4.78 is 0. The van der Waals surface area contributed by atoms with E-state index in [9.17, 15) is 4.79 Å². The van der Waals surface area contributed by atoms with Crippen molar-refractivity contribution in [2.75, 3.05) is 5.32 Å². The van der Waals surface area contributed by atoms with Crippen LogP contribution in [-0.2, 0) is 11.3 Å². The number of nitrogens with zero attached hydrogens (tertiary/aromatic N) is 2. The van der Waals surface area contributed by atoms with E-state index < -0.39 is 5.91 Å². The Morgan fingerprint density at radius 2 is 2.23 bits per heavy atom. The van der Waals surface area contributed by atoms with Crippen LogP contribution in [-0.4, -0.2) is 10.9 Å². The molecule has 0 atom stereocenters. The van der Waals surface area contributed by atoms with Crippen LogP contribution >= 0.6 is 11.6 Å². The fraction of sp³-hybridized carbons (Fsp3) is 0.0625. The molecular formula is C16H13ClN4O. The number of anilines is 1. The number of pyridine rings is 1. The Hall–Kier alpha value is -2.84. The predicted molar refractivity (Wildman–Crippen MR) is 84.9 cm³/mol. The summed E-state index contributed by atoms with van der Waals surface area (Å²) in [6.07, 6.45) is 4.77. The number of benzene rings is 1. The lowest BCUT2D eigenvalue weighted by Gasteiger charge is -2.05. The lowest BCUT2D eigenvalue weighted by atomic mass is 10.2. The molecule has 0 radical (unpaired) electrons. The molecule has 0 bridgehead atoms. The number of carbonyl (C=O) groups is 1. The van der Waals surface area contributed by atoms with Gasteiger partial charge >= 0.3 is 0 Å². The molecule has 2 N–H and O–H groups in total. The topological polar surface area (TPSA) is 77.8 Å². The first kappa shape index (κ1) is 15.5. The van der Waals surface area contributed by atoms with E-state index >= 15 is 0 Å². The molecule has 0 spiro atoms. The maximum Gasteiger partial charge on any atom is 0.267 e. The van der Waals surface area contributed by atoms with E-state index in [0.29, 0.717) is 17.3 Å². The number of hydrogen-bond donors (Lipinski definition) is 2. The molecule has 1 heterocycles. The molecule has 0 aliphatic carbocycles. The van der Waals surface area contributed by atoms with Gasteiger partial charge in [-0.1, -0.05) is 23.7 Å². The highest BCUT2D eigenvalue weighted by Gasteiger charge is 2.09. The molecule has 22 heavy (non-hydrogen) atoms. The van der Waals surface area contributed by atoms with E-state index in [-0.39, 0.29) is 5.57 Å². The summed E-state index contributed by atoms with van der Waals surface area (Å²) in [5.41, 5.74) is 1.46. The summed E-state index contributed by atoms with van der Waals surface area (Å²) in [4.78, 5) is 16.0. The number of nitriles is 1. The minimum Gasteiger partial charge on any atom is -0.386 e. The van der Waals surface area contributed by atoms with Crippen molar-refractivity contribution in [2.45, 2.75) is 6.54 Å². The third kappa shape index (κ3) is 4.62. The highest BCUT2D eigenvalue weighted by molar-refractivity contribution is 6.31. The van der Waals surface area contributed by atoms with E-state index in [1.54, 1.807) is 36.7 Å². The molecule has 0 fully saturated rings. The SMILES string of the molecule is N#C/C(=C/NCc1cccnc1)C(=O)Nc1cccc(Cl)c1. The molecular weight excluding hydrogens is 300 g/mol. The van der Waals surface area contributed by atoms with Crippen LogP contribution in [0.5, 0.6) is 0 Å². The molecule has 5 nitrogen and oxygen atoms in total. The Labute approximate surface area is 133 Å². The second-order valence-corrected chi connectivity index (χ2v) is 4.81. The highest BCUT2D eigenvalue weighted by atomic mass is 35.5. The molecule has 1 aromatic heterocycles. The molecule has 0 aliphatic rings. The number of rotatable bonds is 5. The molecule has 1 amide bonds. The zero-order chi connectivity index (χ0) is 15.8. The normalized spacial score (nSPS) is 10.6. The van der Waals surface area contributed by atoms with Crippen molar-refractivity contribution in [1.29, 1.82) is 5.26 Å². The average Bonchev–Trinajstić information content (AvgIpc) is 2.52. The largest absolute Gasteiger partial charge is 0.386 e. The standard InChI is InChI=1S/C16H13ClN4O/c17-14-4-1-5-15(7-14)21-16(22)13(8-18)11-20-10-12-3-2-6-19-9-12/h1-7,9,11,20H,10H2,(H,21,22)/b13-11-. The van der Waals surface area contributed by atoms with Gasteiger partial charge in [0.1, 0.15) is 11.6 Å². The minimum absolute atomic E-state index is 0.0242. The van der Waals surface area contributed by atoms with Crippen LogP contribution in [0.15, 0.2) is 60.6 Å². The number of hydrogen-bond acceptors (Lipinski definition) is 4. The number of nitrogens with one attached hydrogen (secondary N) is 2. The van der Waals surface area contributed by atoms with Crippen molar-refractivity contribution in [1.82, 2.24) is 10.3 Å². The minimum atomic E-state index is -0.497. The van der Waals surface area contributed by atoms with E-state index in [1.807, 2.05) is 18.2 Å². The van der Waals surface area contributed by atoms with Gasteiger partial charge in [-0.25, -0.2) is 0 Å². The van der Waals surface area contributed by atoms with Crippen molar-refractivity contribution < 1.29 is 4.79 Å². The Balaban J connectivity index is 1.97. The fourth-order valence-electron chi connectivity index (χ4n) is 1.69. The van der Waals surface area contributed by atoms with Crippen LogP contribution < -0.4 is 10.6 Å². The molecule has 0 unspecified atom stereocenters. The van der Waals surface area contributed by atoms with Crippen LogP contribution in [0.1, 0.15) is 5.56 Å². The lowest BCUT2D eigenvalue weighted by molar-refractivity contribution is -0.112. The van der Waals surface area contributed by atoms with Crippen molar-refractivity contribution in [3.63, 3.8) is 0 Å². The molecule has 0 saturated carbocycles. The van der Waals surface area contributed by atoms with Gasteiger partial charge in [0.15, 0.2) is 0 Å². The average molecular weight is 313 g/mol. The number of halogens is 1. The van der Waals surface area contributed by atoms with Crippen molar-refractivity contribution in [2.24, 2.45) is 0 Å². The summed E-state index contributed by atoms with van der Waals surface area (Å²) in [7, 11) is 0. The summed E-state index contributed by atoms with van der Waals surface area (Å²) in [5.74, 6) is -0.497. The number of carbonyl (C=O) groups excluding carboxylic acids is 1. The number of amides is 1. The van der Waals surface area contributed by atoms with E-state index in [1.165, 1.54) is 6.20 Å². The molecule has 2 rings (SSSR count). The van der Waals surface area contributed by atoms with Crippen molar-refractivity contribution >= 4 is 23.2 Å². The number of aromatic nitrogens is 1. The van der Waals surface area contributed by atoms with E-state index in [4.69, 9.17) is 16.9 Å². The monoisotopic (exact) mass is 312 g/mol. The fourth-order valence-corrected chi connectivity index (χ4v) is 1.88. The van der Waals surface area contributed by atoms with Crippen LogP contribution in [0.2, 0.25) is 5.02 Å². The predicted octanol–water partition coefficient (Wildman–Crippen LogP) is 2.87. The van der Waals surface area contributed by atoms with E-state index in [2.05, 4.69) is 15.6 Å². The summed E-state index contributed by atoms with van der Waals surface area (Å²) in [5, 5.41) is 15.1. The van der Waals surface area contributed by atoms with Gasteiger partial charge in [0.05, 0.1) is 0 Å². The van der Waals surface area contributed by atoms with Gasteiger partial charge in [-0.15, -0.1) is 0 Å². The summed E-state index contributed by atoms with van der Waals surface area (Å²) in [6.45, 7) is 0.476. The van der Waals surface area contributed by atoms with Gasteiger partial charge in [-0.05, 0) is 29.8 Å². The Morgan fingerprint density at radius 1 is 1.36 bits per heavy atom. The second kappa shape index (κ2) is 7.81. The van der Waals surface area contributed by atoms with Gasteiger partial charge < -0.3 is 10.6 Å². The zero-order valence-electron chi connectivity index (χ0n) is 11.6. The maximum atomic E-state index is 12.0. The smallest absolute Gasteiger partial charge is 0.267 e. The third-order valence-corrected chi connectivity index (χ3v) is 2.96. The second-order valence-electron chi connectivity index (χ2n) is 4.38. The van der Waals surface area contributed by atoms with Crippen LogP contribution in [0.3, 0.4) is 0 Å². The highest BCUT2D eigenvalue weighted by Crippen LogP contribution is 2.15. The van der Waals surface area contributed by atoms with Crippen molar-refractivity contribution in [3.05, 3.63) is 71.2 Å². The Kier molecular flexibility index (Phi) is 5.52. The lowest BCUT2D eigenvalue weighted by Crippen LogP contribution is -2.16. The van der Waals surface area contributed by atoms with Gasteiger partial charge in [0.2, 0.25) is 0 Å². The summed E-state index contributed by atoms with van der Waals surface area (Å²) >= 11 is 5.84. The Morgan fingerprint density at radius 3 is 2.91 bits per heavy atom. The summed E-state index contributed by atoms with van der Waals surface area (Å²) in [6, 6.07) is 12.3. The Bertz CT molecular complexity index is 722. The maximum absolute atomic E-state index is 12.0. The van der Waals surface area contributed by atoms with Crippen LogP contribution in [0.25, 0.3) is 0 Å². The molecule has 0 saturated heterocycles.